The van der Waals surface area contributed by atoms with Gasteiger partial charge in [-0.05, 0) is 42.2 Å². The van der Waals surface area contributed by atoms with Crippen LogP contribution in [0.3, 0.4) is 0 Å². The Kier molecular flexibility index (Phi) is 3.83. The van der Waals surface area contributed by atoms with Crippen LogP contribution < -0.4 is 0 Å². The van der Waals surface area contributed by atoms with E-state index >= 15 is 0 Å². The van der Waals surface area contributed by atoms with Crippen LogP contribution in [0.25, 0.3) is 10.9 Å². The van der Waals surface area contributed by atoms with Gasteiger partial charge in [0.2, 0.25) is 0 Å². The van der Waals surface area contributed by atoms with E-state index in [0.717, 1.165) is 17.6 Å². The Balaban J connectivity index is 1.78. The first-order valence-electron chi connectivity index (χ1n) is 8.72. The van der Waals surface area contributed by atoms with Crippen LogP contribution in [0, 0.1) is 11.7 Å². The molecule has 0 bridgehead atoms. The number of para-hydroxylation sites is 1. The number of rotatable bonds is 2. The van der Waals surface area contributed by atoms with Gasteiger partial charge in [-0.1, -0.05) is 38.1 Å². The molecular formula is C21H21FN2O. The quantitative estimate of drug-likeness (QED) is 0.723. The Labute approximate surface area is 146 Å². The molecule has 128 valence electrons. The fourth-order valence-corrected chi connectivity index (χ4v) is 3.98. The summed E-state index contributed by atoms with van der Waals surface area (Å²) in [5.74, 6) is -0.234. The molecule has 3 aromatic rings. The van der Waals surface area contributed by atoms with E-state index in [-0.39, 0.29) is 23.7 Å². The summed E-state index contributed by atoms with van der Waals surface area (Å²) in [5, 5.41) is 1.24. The van der Waals surface area contributed by atoms with Gasteiger partial charge in [0.1, 0.15) is 5.82 Å². The lowest BCUT2D eigenvalue weighted by Crippen LogP contribution is -2.42. The van der Waals surface area contributed by atoms with Crippen LogP contribution in [0.15, 0.2) is 48.5 Å². The van der Waals surface area contributed by atoms with E-state index < -0.39 is 0 Å². The van der Waals surface area contributed by atoms with Gasteiger partial charge < -0.3 is 9.88 Å². The van der Waals surface area contributed by atoms with E-state index in [1.54, 1.807) is 12.1 Å². The molecule has 1 atom stereocenters. The highest BCUT2D eigenvalue weighted by atomic mass is 19.1. The maximum Gasteiger partial charge on any atom is 0.254 e. The van der Waals surface area contributed by atoms with Crippen molar-refractivity contribution in [1.29, 1.82) is 0 Å². The molecular weight excluding hydrogens is 315 g/mol. The van der Waals surface area contributed by atoms with Gasteiger partial charge in [-0.15, -0.1) is 0 Å². The highest BCUT2D eigenvalue weighted by Crippen LogP contribution is 2.39. The van der Waals surface area contributed by atoms with Crippen molar-refractivity contribution in [1.82, 2.24) is 9.88 Å². The summed E-state index contributed by atoms with van der Waals surface area (Å²) in [6.45, 7) is 4.89. The van der Waals surface area contributed by atoms with Gasteiger partial charge in [-0.25, -0.2) is 4.39 Å². The van der Waals surface area contributed by atoms with Crippen molar-refractivity contribution in [3.63, 3.8) is 0 Å². The zero-order valence-corrected chi connectivity index (χ0v) is 14.4. The first kappa shape index (κ1) is 15.9. The fourth-order valence-electron chi connectivity index (χ4n) is 3.98. The number of amides is 1. The number of hydrogen-bond donors (Lipinski definition) is 1. The van der Waals surface area contributed by atoms with Gasteiger partial charge >= 0.3 is 0 Å². The minimum atomic E-state index is -0.379. The third-order valence-electron chi connectivity index (χ3n) is 5.04. The maximum absolute atomic E-state index is 13.6. The SMILES string of the molecule is CC(C)[C@@H]1c2[nH]c3ccccc3c2CCN1C(=O)c1cccc(F)c1. The zero-order chi connectivity index (χ0) is 17.6. The van der Waals surface area contributed by atoms with Crippen molar-refractivity contribution < 1.29 is 9.18 Å². The molecule has 4 rings (SSSR count). The number of halogens is 1. The van der Waals surface area contributed by atoms with Crippen LogP contribution in [0.4, 0.5) is 4.39 Å². The van der Waals surface area contributed by atoms with Gasteiger partial charge in [0, 0.05) is 28.7 Å². The lowest BCUT2D eigenvalue weighted by molar-refractivity contribution is 0.0598. The Morgan fingerprint density at radius 2 is 2.00 bits per heavy atom. The maximum atomic E-state index is 13.6. The molecule has 3 nitrogen and oxygen atoms in total. The monoisotopic (exact) mass is 336 g/mol. The molecule has 0 aliphatic carbocycles. The highest BCUT2D eigenvalue weighted by molar-refractivity contribution is 5.95. The molecule has 4 heteroatoms. The molecule has 1 aliphatic heterocycles. The number of aromatic nitrogens is 1. The lowest BCUT2D eigenvalue weighted by Gasteiger charge is -2.38. The molecule has 0 unspecified atom stereocenters. The minimum absolute atomic E-state index is 0.0353. The number of carbonyl (C=O) groups is 1. The summed E-state index contributed by atoms with van der Waals surface area (Å²) in [7, 11) is 0. The van der Waals surface area contributed by atoms with Crippen molar-refractivity contribution in [2.45, 2.75) is 26.3 Å². The lowest BCUT2D eigenvalue weighted by atomic mass is 9.90. The summed E-state index contributed by atoms with van der Waals surface area (Å²) in [5.41, 5.74) is 3.94. The first-order chi connectivity index (χ1) is 12.1. The van der Waals surface area contributed by atoms with E-state index in [1.165, 1.54) is 23.1 Å². The number of H-pyrrole nitrogens is 1. The normalized spacial score (nSPS) is 17.1. The molecule has 0 radical (unpaired) electrons. The predicted octanol–water partition coefficient (Wildman–Crippen LogP) is 4.70. The molecule has 0 fully saturated rings. The number of aromatic amines is 1. The highest BCUT2D eigenvalue weighted by Gasteiger charge is 2.35. The van der Waals surface area contributed by atoms with Crippen LogP contribution in [-0.2, 0) is 6.42 Å². The number of nitrogens with one attached hydrogen (secondary N) is 1. The van der Waals surface area contributed by atoms with E-state index in [9.17, 15) is 9.18 Å². The van der Waals surface area contributed by atoms with Crippen LogP contribution in [0.1, 0.15) is 41.5 Å². The standard InChI is InChI=1S/C21H21FN2O/c1-13(2)20-19-17(16-8-3-4-9-18(16)23-19)10-11-24(20)21(25)14-6-5-7-15(22)12-14/h3-9,12-13,20,23H,10-11H2,1-2H3/t20-/m1/s1. The second-order valence-corrected chi connectivity index (χ2v) is 7.01. The van der Waals surface area contributed by atoms with Crippen LogP contribution >= 0.6 is 0 Å². The molecule has 2 heterocycles. The molecule has 1 aromatic heterocycles. The van der Waals surface area contributed by atoms with Crippen molar-refractivity contribution in [3.8, 4) is 0 Å². The Morgan fingerprint density at radius 3 is 2.76 bits per heavy atom. The van der Waals surface area contributed by atoms with Crippen LogP contribution in [0.5, 0.6) is 0 Å². The Hall–Kier alpha value is -2.62. The average Bonchev–Trinajstić information content (AvgIpc) is 2.98. The molecule has 1 amide bonds. The van der Waals surface area contributed by atoms with E-state index in [1.807, 2.05) is 17.0 Å². The van der Waals surface area contributed by atoms with E-state index in [4.69, 9.17) is 0 Å². The molecule has 1 N–H and O–H groups in total. The number of hydrogen-bond acceptors (Lipinski definition) is 1. The predicted molar refractivity (Wildman–Crippen MR) is 97.0 cm³/mol. The second kappa shape index (κ2) is 6.03. The third-order valence-corrected chi connectivity index (χ3v) is 5.04. The van der Waals surface area contributed by atoms with Gasteiger partial charge in [-0.2, -0.15) is 0 Å². The molecule has 0 saturated heterocycles. The summed E-state index contributed by atoms with van der Waals surface area (Å²) in [6, 6.07) is 14.2. The topological polar surface area (TPSA) is 36.1 Å². The summed E-state index contributed by atoms with van der Waals surface area (Å²) < 4.78 is 13.6. The van der Waals surface area contributed by atoms with E-state index in [0.29, 0.717) is 12.1 Å². The van der Waals surface area contributed by atoms with Crippen LogP contribution in [0.2, 0.25) is 0 Å². The number of carbonyl (C=O) groups excluding carboxylic acids is 1. The second-order valence-electron chi connectivity index (χ2n) is 7.01. The first-order valence-corrected chi connectivity index (χ1v) is 8.72. The summed E-state index contributed by atoms with van der Waals surface area (Å²) >= 11 is 0. The number of benzene rings is 2. The number of fused-ring (bicyclic) bond motifs is 3. The Bertz CT molecular complexity index is 944. The van der Waals surface area contributed by atoms with Gasteiger partial charge in [-0.3, -0.25) is 4.79 Å². The van der Waals surface area contributed by atoms with E-state index in [2.05, 4.69) is 31.0 Å². The summed E-state index contributed by atoms with van der Waals surface area (Å²) in [6.07, 6.45) is 0.809. The largest absolute Gasteiger partial charge is 0.356 e. The molecule has 0 saturated carbocycles. The van der Waals surface area contributed by atoms with Gasteiger partial charge in [0.15, 0.2) is 0 Å². The molecule has 2 aromatic carbocycles. The fraction of sp³-hybridized carbons (Fsp3) is 0.286. The smallest absolute Gasteiger partial charge is 0.254 e. The van der Waals surface area contributed by atoms with Crippen molar-refractivity contribution in [2.75, 3.05) is 6.54 Å². The zero-order valence-electron chi connectivity index (χ0n) is 14.4. The molecule has 1 aliphatic rings. The summed E-state index contributed by atoms with van der Waals surface area (Å²) in [4.78, 5) is 18.5. The minimum Gasteiger partial charge on any atom is -0.356 e. The van der Waals surface area contributed by atoms with Gasteiger partial charge in [0.05, 0.1) is 6.04 Å². The van der Waals surface area contributed by atoms with Crippen molar-refractivity contribution in [3.05, 3.63) is 71.2 Å². The van der Waals surface area contributed by atoms with Crippen molar-refractivity contribution >= 4 is 16.8 Å². The van der Waals surface area contributed by atoms with Gasteiger partial charge in [0.25, 0.3) is 5.91 Å². The van der Waals surface area contributed by atoms with Crippen LogP contribution in [-0.4, -0.2) is 22.3 Å². The van der Waals surface area contributed by atoms with Crippen molar-refractivity contribution in [2.24, 2.45) is 5.92 Å². The Morgan fingerprint density at radius 1 is 1.20 bits per heavy atom. The number of nitrogens with zero attached hydrogens (tertiary/aromatic N) is 1. The average molecular weight is 336 g/mol. The molecule has 25 heavy (non-hydrogen) atoms. The third kappa shape index (κ3) is 2.62. The molecule has 0 spiro atoms.